The van der Waals surface area contributed by atoms with Crippen molar-refractivity contribution in [2.75, 3.05) is 13.2 Å². The van der Waals surface area contributed by atoms with Gasteiger partial charge in [-0.3, -0.25) is 14.4 Å². The van der Waals surface area contributed by atoms with Gasteiger partial charge in [0.25, 0.3) is 0 Å². The highest BCUT2D eigenvalue weighted by Gasteiger charge is 2.19. The molecule has 0 aromatic rings. The van der Waals surface area contributed by atoms with Crippen molar-refractivity contribution in [1.82, 2.24) is 0 Å². The minimum Gasteiger partial charge on any atom is -0.462 e. The van der Waals surface area contributed by atoms with Crippen LogP contribution in [0.5, 0.6) is 0 Å². The first-order valence-electron chi connectivity index (χ1n) is 25.0. The lowest BCUT2D eigenvalue weighted by molar-refractivity contribution is -0.167. The van der Waals surface area contributed by atoms with E-state index in [4.69, 9.17) is 14.2 Å². The zero-order chi connectivity index (χ0) is 42.3. The highest BCUT2D eigenvalue weighted by Crippen LogP contribution is 2.15. The number of ether oxygens (including phenoxy) is 3. The number of unbranched alkanes of at least 4 members (excludes halogenated alkanes) is 28. The van der Waals surface area contributed by atoms with E-state index in [1.165, 1.54) is 135 Å². The van der Waals surface area contributed by atoms with Gasteiger partial charge in [0, 0.05) is 19.3 Å². The Kier molecular flexibility index (Phi) is 45.4. The topological polar surface area (TPSA) is 78.9 Å². The van der Waals surface area contributed by atoms with Gasteiger partial charge < -0.3 is 14.2 Å². The molecule has 0 aliphatic carbocycles. The lowest BCUT2D eigenvalue weighted by Crippen LogP contribution is -2.30. The minimum absolute atomic E-state index is 0.0788. The van der Waals surface area contributed by atoms with E-state index in [9.17, 15) is 14.4 Å². The average Bonchev–Trinajstić information content (AvgIpc) is 3.22. The summed E-state index contributed by atoms with van der Waals surface area (Å²) in [6.07, 6.45) is 54.1. The molecule has 1 unspecified atom stereocenters. The molecule has 0 aliphatic rings. The molecule has 1 atom stereocenters. The van der Waals surface area contributed by atoms with Gasteiger partial charge in [0.15, 0.2) is 6.10 Å². The second-order valence-corrected chi connectivity index (χ2v) is 16.7. The fraction of sp³-hybridized carbons (Fsp3) is 0.827. The van der Waals surface area contributed by atoms with Crippen LogP contribution in [-0.2, 0) is 28.6 Å². The molecule has 0 aromatic carbocycles. The first-order valence-corrected chi connectivity index (χ1v) is 25.0. The van der Waals surface area contributed by atoms with Crippen LogP contribution in [0.15, 0.2) is 36.5 Å². The number of esters is 3. The Labute approximate surface area is 359 Å². The third-order valence-electron chi connectivity index (χ3n) is 10.9. The van der Waals surface area contributed by atoms with Crippen molar-refractivity contribution in [1.29, 1.82) is 0 Å². The smallest absolute Gasteiger partial charge is 0.306 e. The predicted octanol–water partition coefficient (Wildman–Crippen LogP) is 16.1. The summed E-state index contributed by atoms with van der Waals surface area (Å²) >= 11 is 0. The van der Waals surface area contributed by atoms with E-state index in [1.54, 1.807) is 0 Å². The molecule has 6 heteroatoms. The van der Waals surface area contributed by atoms with Crippen molar-refractivity contribution in [3.8, 4) is 0 Å². The van der Waals surface area contributed by atoms with Crippen LogP contribution in [-0.4, -0.2) is 37.2 Å². The number of allylic oxidation sites excluding steroid dienone is 6. The summed E-state index contributed by atoms with van der Waals surface area (Å²) in [5, 5.41) is 0. The van der Waals surface area contributed by atoms with Gasteiger partial charge in [-0.25, -0.2) is 0 Å². The average molecular weight is 815 g/mol. The van der Waals surface area contributed by atoms with Gasteiger partial charge in [0.1, 0.15) is 13.2 Å². The first-order chi connectivity index (χ1) is 28.5. The zero-order valence-corrected chi connectivity index (χ0v) is 38.6. The summed E-state index contributed by atoms with van der Waals surface area (Å²) in [4.78, 5) is 37.8. The van der Waals surface area contributed by atoms with Crippen LogP contribution in [0, 0.1) is 0 Å². The van der Waals surface area contributed by atoms with Crippen LogP contribution >= 0.6 is 0 Å². The molecule has 0 fully saturated rings. The second-order valence-electron chi connectivity index (χ2n) is 16.7. The minimum atomic E-state index is -0.776. The van der Waals surface area contributed by atoms with Crippen molar-refractivity contribution >= 4 is 17.9 Å². The fourth-order valence-corrected chi connectivity index (χ4v) is 7.04. The third kappa shape index (κ3) is 44.7. The molecule has 0 N–H and O–H groups in total. The van der Waals surface area contributed by atoms with Gasteiger partial charge >= 0.3 is 17.9 Å². The first kappa shape index (κ1) is 55.6. The summed E-state index contributed by atoms with van der Waals surface area (Å²) < 4.78 is 16.7. The number of carbonyl (C=O) groups excluding carboxylic acids is 3. The Morgan fingerprint density at radius 1 is 0.345 bits per heavy atom. The highest BCUT2D eigenvalue weighted by molar-refractivity contribution is 5.71. The lowest BCUT2D eigenvalue weighted by atomic mass is 10.0. The predicted molar refractivity (Wildman–Crippen MR) is 247 cm³/mol. The van der Waals surface area contributed by atoms with Crippen molar-refractivity contribution in [2.45, 2.75) is 264 Å². The molecule has 0 saturated carbocycles. The molecule has 0 saturated heterocycles. The maximum Gasteiger partial charge on any atom is 0.306 e. The summed E-state index contributed by atoms with van der Waals surface area (Å²) in [5.74, 6) is -0.894. The summed E-state index contributed by atoms with van der Waals surface area (Å²) in [6.45, 7) is 6.57. The largest absolute Gasteiger partial charge is 0.462 e. The van der Waals surface area contributed by atoms with Crippen LogP contribution in [0.4, 0.5) is 0 Å². The van der Waals surface area contributed by atoms with Crippen molar-refractivity contribution in [2.24, 2.45) is 0 Å². The molecule has 58 heavy (non-hydrogen) atoms. The maximum absolute atomic E-state index is 12.8. The molecule has 0 amide bonds. The molecule has 0 bridgehead atoms. The number of carbonyl (C=O) groups is 3. The van der Waals surface area contributed by atoms with Crippen LogP contribution in [0.1, 0.15) is 258 Å². The Bertz CT molecular complexity index is 984. The molecule has 0 heterocycles. The van der Waals surface area contributed by atoms with Gasteiger partial charge in [-0.2, -0.15) is 0 Å². The van der Waals surface area contributed by atoms with Crippen LogP contribution in [0.3, 0.4) is 0 Å². The quantitative estimate of drug-likeness (QED) is 0.0264. The standard InChI is InChI=1S/C52H94O6/c1-4-7-10-13-16-19-22-24-25-26-28-30-33-36-39-42-45-51(54)57-48-49(47-56-50(53)44-41-38-35-32-29-21-18-15-12-9-6-3)58-52(55)46-43-40-37-34-31-27-23-20-17-14-11-8-5-2/h15,18-19,22,25-26,49H,4-14,16-17,20-21,23-24,27-48H2,1-3H3/b18-15-,22-19-,26-25-. The van der Waals surface area contributed by atoms with Crippen molar-refractivity contribution in [3.05, 3.63) is 36.5 Å². The van der Waals surface area contributed by atoms with E-state index >= 15 is 0 Å². The van der Waals surface area contributed by atoms with Crippen LogP contribution in [0.2, 0.25) is 0 Å². The summed E-state index contributed by atoms with van der Waals surface area (Å²) in [5.41, 5.74) is 0. The van der Waals surface area contributed by atoms with Crippen molar-refractivity contribution < 1.29 is 28.6 Å². The van der Waals surface area contributed by atoms with E-state index in [1.807, 2.05) is 0 Å². The maximum atomic E-state index is 12.8. The normalized spacial score (nSPS) is 12.3. The molecule has 0 aromatic heterocycles. The molecule has 6 nitrogen and oxygen atoms in total. The van der Waals surface area contributed by atoms with Gasteiger partial charge in [0.2, 0.25) is 0 Å². The van der Waals surface area contributed by atoms with E-state index in [-0.39, 0.29) is 31.1 Å². The molecule has 0 radical (unpaired) electrons. The van der Waals surface area contributed by atoms with E-state index in [0.717, 1.165) is 83.5 Å². The Balaban J connectivity index is 4.37. The molecular weight excluding hydrogens is 721 g/mol. The van der Waals surface area contributed by atoms with Gasteiger partial charge in [0.05, 0.1) is 0 Å². The van der Waals surface area contributed by atoms with Crippen LogP contribution < -0.4 is 0 Å². The fourth-order valence-electron chi connectivity index (χ4n) is 7.04. The second kappa shape index (κ2) is 47.3. The Morgan fingerprint density at radius 2 is 0.638 bits per heavy atom. The molecule has 338 valence electrons. The summed E-state index contributed by atoms with van der Waals surface area (Å²) in [6, 6.07) is 0. The molecular formula is C52H94O6. The van der Waals surface area contributed by atoms with E-state index < -0.39 is 6.10 Å². The lowest BCUT2D eigenvalue weighted by Gasteiger charge is -2.18. The number of hydrogen-bond donors (Lipinski definition) is 0. The highest BCUT2D eigenvalue weighted by atomic mass is 16.6. The molecule has 0 rings (SSSR count). The van der Waals surface area contributed by atoms with Crippen LogP contribution in [0.25, 0.3) is 0 Å². The number of rotatable bonds is 45. The zero-order valence-electron chi connectivity index (χ0n) is 38.6. The summed E-state index contributed by atoms with van der Waals surface area (Å²) in [7, 11) is 0. The SMILES string of the molecule is CCCC/C=C\CCCCCCCC(=O)OCC(COC(=O)CCCCCCC/C=C\C/C=C\CCCCCC)OC(=O)CCCCCCCCCCCCCCC. The van der Waals surface area contributed by atoms with Gasteiger partial charge in [-0.15, -0.1) is 0 Å². The van der Waals surface area contributed by atoms with Gasteiger partial charge in [-0.05, 0) is 70.6 Å². The molecule has 0 spiro atoms. The number of hydrogen-bond acceptors (Lipinski definition) is 6. The Morgan fingerprint density at radius 3 is 1.03 bits per heavy atom. The van der Waals surface area contributed by atoms with Gasteiger partial charge in [-0.1, -0.05) is 205 Å². The third-order valence-corrected chi connectivity index (χ3v) is 10.9. The van der Waals surface area contributed by atoms with Crippen molar-refractivity contribution in [3.63, 3.8) is 0 Å². The van der Waals surface area contributed by atoms with E-state index in [2.05, 4.69) is 57.2 Å². The van der Waals surface area contributed by atoms with E-state index in [0.29, 0.717) is 19.3 Å². The Hall–Kier alpha value is -2.37. The monoisotopic (exact) mass is 815 g/mol. The molecule has 0 aliphatic heterocycles.